The fourth-order valence-corrected chi connectivity index (χ4v) is 3.57. The molecule has 0 spiro atoms. The van der Waals surface area contributed by atoms with Crippen LogP contribution in [-0.4, -0.2) is 36.5 Å². The summed E-state index contributed by atoms with van der Waals surface area (Å²) in [6.45, 7) is 2.76. The first-order valence-electron chi connectivity index (χ1n) is 9.04. The van der Waals surface area contributed by atoms with Crippen LogP contribution in [0.2, 0.25) is 0 Å². The minimum Gasteiger partial charge on any atom is -0.421 e. The summed E-state index contributed by atoms with van der Waals surface area (Å²) in [7, 11) is 0. The van der Waals surface area contributed by atoms with Gasteiger partial charge in [0.05, 0.1) is 19.6 Å². The van der Waals surface area contributed by atoms with Gasteiger partial charge in [0.1, 0.15) is 5.82 Å². The van der Waals surface area contributed by atoms with E-state index in [1.165, 1.54) is 6.07 Å². The molecule has 1 saturated heterocycles. The molecule has 5 nitrogen and oxygen atoms in total. The van der Waals surface area contributed by atoms with Crippen molar-refractivity contribution in [1.82, 2.24) is 10.2 Å². The van der Waals surface area contributed by atoms with Gasteiger partial charge in [-0.1, -0.05) is 28.1 Å². The van der Waals surface area contributed by atoms with Gasteiger partial charge >= 0.3 is 0 Å². The van der Waals surface area contributed by atoms with Crippen LogP contribution in [-0.2, 0) is 11.2 Å². The second-order valence-electron chi connectivity index (χ2n) is 6.48. The van der Waals surface area contributed by atoms with Crippen LogP contribution in [0.15, 0.2) is 51.4 Å². The van der Waals surface area contributed by atoms with Crippen LogP contribution in [0, 0.1) is 5.82 Å². The van der Waals surface area contributed by atoms with Crippen LogP contribution in [0.25, 0.3) is 12.2 Å². The first kappa shape index (κ1) is 18.8. The molecule has 0 aliphatic carbocycles. The van der Waals surface area contributed by atoms with Crippen molar-refractivity contribution in [2.45, 2.75) is 6.42 Å². The second kappa shape index (κ2) is 8.67. The van der Waals surface area contributed by atoms with E-state index in [0.29, 0.717) is 31.4 Å². The fourth-order valence-electron chi connectivity index (χ4n) is 3.12. The summed E-state index contributed by atoms with van der Waals surface area (Å²) < 4.78 is 25.9. The highest BCUT2D eigenvalue weighted by Crippen LogP contribution is 2.25. The third-order valence-electron chi connectivity index (χ3n) is 4.48. The predicted molar refractivity (Wildman–Crippen MR) is 110 cm³/mol. The lowest BCUT2D eigenvalue weighted by Crippen LogP contribution is -2.36. The van der Waals surface area contributed by atoms with Gasteiger partial charge in [-0.05, 0) is 47.5 Å². The van der Waals surface area contributed by atoms with E-state index < -0.39 is 0 Å². The summed E-state index contributed by atoms with van der Waals surface area (Å²) >= 11 is 3.46. The van der Waals surface area contributed by atoms with Crippen molar-refractivity contribution in [3.8, 4) is 0 Å². The fraction of sp³-hybridized carbons (Fsp3) is 0.238. The Morgan fingerprint density at radius 3 is 2.75 bits per heavy atom. The number of halogens is 2. The molecule has 0 N–H and O–H groups in total. The van der Waals surface area contributed by atoms with E-state index in [0.717, 1.165) is 34.4 Å². The zero-order valence-corrected chi connectivity index (χ0v) is 16.7. The molecular weight excluding hydrogens is 425 g/mol. The minimum atomic E-state index is -0.257. The van der Waals surface area contributed by atoms with E-state index in [1.54, 1.807) is 18.2 Å². The molecule has 2 aromatic carbocycles. The Morgan fingerprint density at radius 2 is 1.93 bits per heavy atom. The molecule has 1 aliphatic heterocycles. The Bertz CT molecular complexity index is 983. The normalized spacial score (nSPS) is 14.7. The van der Waals surface area contributed by atoms with Crippen molar-refractivity contribution in [3.63, 3.8) is 0 Å². The van der Waals surface area contributed by atoms with Gasteiger partial charge < -0.3 is 14.1 Å². The summed E-state index contributed by atoms with van der Waals surface area (Å²) in [5.74, 6) is 0.709. The molecule has 144 valence electrons. The van der Waals surface area contributed by atoms with Gasteiger partial charge in [0, 0.05) is 29.3 Å². The number of rotatable bonds is 5. The lowest BCUT2D eigenvalue weighted by molar-refractivity contribution is 0.122. The Balaban J connectivity index is 1.51. The predicted octanol–water partition coefficient (Wildman–Crippen LogP) is 4.57. The Kier molecular flexibility index (Phi) is 5.83. The number of nitrogens with zero attached hydrogens (tertiary/aromatic N) is 3. The quantitative estimate of drug-likeness (QED) is 0.577. The highest BCUT2D eigenvalue weighted by molar-refractivity contribution is 9.10. The van der Waals surface area contributed by atoms with Gasteiger partial charge in [-0.15, -0.1) is 10.2 Å². The summed E-state index contributed by atoms with van der Waals surface area (Å²) in [4.78, 5) is 2.12. The van der Waals surface area contributed by atoms with E-state index >= 15 is 0 Å². The van der Waals surface area contributed by atoms with Crippen LogP contribution < -0.4 is 4.90 Å². The molecule has 1 aromatic heterocycles. The van der Waals surface area contributed by atoms with Crippen molar-refractivity contribution in [2.24, 2.45) is 0 Å². The maximum atomic E-state index is 13.8. The second-order valence-corrected chi connectivity index (χ2v) is 7.39. The summed E-state index contributed by atoms with van der Waals surface area (Å²) in [5.41, 5.74) is 2.82. The first-order valence-corrected chi connectivity index (χ1v) is 9.84. The van der Waals surface area contributed by atoms with Crippen molar-refractivity contribution in [1.29, 1.82) is 0 Å². The average Bonchev–Trinajstić information content (AvgIpc) is 3.15. The summed E-state index contributed by atoms with van der Waals surface area (Å²) in [6, 6.07) is 12.7. The molecule has 0 atom stereocenters. The first-order chi connectivity index (χ1) is 13.7. The van der Waals surface area contributed by atoms with Crippen LogP contribution in [0.4, 0.5) is 10.1 Å². The SMILES string of the molecule is Fc1ccc(/C=C/c2nnc(Cc3cccc(Br)c3)o2)c(N2CCOCC2)c1. The van der Waals surface area contributed by atoms with E-state index in [9.17, 15) is 4.39 Å². The Labute approximate surface area is 171 Å². The number of anilines is 1. The lowest BCUT2D eigenvalue weighted by atomic mass is 10.1. The van der Waals surface area contributed by atoms with Gasteiger partial charge in [0.15, 0.2) is 0 Å². The molecule has 0 unspecified atom stereocenters. The third-order valence-corrected chi connectivity index (χ3v) is 4.97. The van der Waals surface area contributed by atoms with Crippen molar-refractivity contribution in [2.75, 3.05) is 31.2 Å². The molecule has 0 radical (unpaired) electrons. The largest absolute Gasteiger partial charge is 0.421 e. The van der Waals surface area contributed by atoms with E-state index in [-0.39, 0.29) is 5.82 Å². The van der Waals surface area contributed by atoms with Crippen LogP contribution in [0.3, 0.4) is 0 Å². The Hall–Kier alpha value is -2.51. The smallest absolute Gasteiger partial charge is 0.240 e. The highest BCUT2D eigenvalue weighted by Gasteiger charge is 2.15. The lowest BCUT2D eigenvalue weighted by Gasteiger charge is -2.30. The van der Waals surface area contributed by atoms with Gasteiger partial charge in [-0.25, -0.2) is 4.39 Å². The summed E-state index contributed by atoms with van der Waals surface area (Å²) in [6.07, 6.45) is 4.20. The van der Waals surface area contributed by atoms with Gasteiger partial charge in [-0.3, -0.25) is 0 Å². The van der Waals surface area contributed by atoms with Gasteiger partial charge in [0.25, 0.3) is 0 Å². The van der Waals surface area contributed by atoms with Gasteiger partial charge in [-0.2, -0.15) is 0 Å². The molecule has 3 aromatic rings. The number of ether oxygens (including phenoxy) is 1. The number of hydrogen-bond donors (Lipinski definition) is 0. The van der Waals surface area contributed by atoms with E-state index in [1.807, 2.05) is 30.3 Å². The zero-order chi connectivity index (χ0) is 19.3. The monoisotopic (exact) mass is 443 g/mol. The molecule has 1 fully saturated rings. The van der Waals surface area contributed by atoms with Gasteiger partial charge in [0.2, 0.25) is 11.8 Å². The zero-order valence-electron chi connectivity index (χ0n) is 15.1. The summed E-state index contributed by atoms with van der Waals surface area (Å²) in [5, 5.41) is 8.20. The molecule has 2 heterocycles. The Morgan fingerprint density at radius 1 is 1.07 bits per heavy atom. The number of morpholine rings is 1. The average molecular weight is 444 g/mol. The molecule has 0 saturated carbocycles. The molecule has 28 heavy (non-hydrogen) atoms. The standard InChI is InChI=1S/C21H19BrFN3O2/c22-17-3-1-2-15(12-17)13-21-25-24-20(28-21)7-5-16-4-6-18(23)14-19(16)26-8-10-27-11-9-26/h1-7,12,14H,8-11,13H2/b7-5+. The molecule has 7 heteroatoms. The molecule has 0 bridgehead atoms. The van der Waals surface area contributed by atoms with Crippen LogP contribution in [0.5, 0.6) is 0 Å². The van der Waals surface area contributed by atoms with Crippen molar-refractivity contribution >= 4 is 33.8 Å². The number of benzene rings is 2. The van der Waals surface area contributed by atoms with Crippen LogP contribution >= 0.6 is 15.9 Å². The molecule has 4 rings (SSSR count). The van der Waals surface area contributed by atoms with Crippen LogP contribution in [0.1, 0.15) is 22.9 Å². The van der Waals surface area contributed by atoms with E-state index in [2.05, 4.69) is 31.0 Å². The number of hydrogen-bond acceptors (Lipinski definition) is 5. The van der Waals surface area contributed by atoms with Crippen molar-refractivity contribution < 1.29 is 13.5 Å². The maximum absolute atomic E-state index is 13.8. The van der Waals surface area contributed by atoms with E-state index in [4.69, 9.17) is 9.15 Å². The minimum absolute atomic E-state index is 0.257. The molecular formula is C21H19BrFN3O2. The molecule has 1 aliphatic rings. The molecule has 0 amide bonds. The van der Waals surface area contributed by atoms with Crippen molar-refractivity contribution in [3.05, 3.63) is 75.7 Å². The number of aromatic nitrogens is 2. The topological polar surface area (TPSA) is 51.4 Å². The highest BCUT2D eigenvalue weighted by atomic mass is 79.9. The maximum Gasteiger partial charge on any atom is 0.240 e. The third kappa shape index (κ3) is 4.66.